The molecule has 5 rings (SSSR count). The number of hydrogen-bond acceptors (Lipinski definition) is 3. The van der Waals surface area contributed by atoms with Gasteiger partial charge in [0.25, 0.3) is 0 Å². The minimum absolute atomic E-state index is 0.104. The Morgan fingerprint density at radius 3 is 2.44 bits per heavy atom. The van der Waals surface area contributed by atoms with Gasteiger partial charge in [0.1, 0.15) is 5.75 Å². The topological polar surface area (TPSA) is 24.5 Å². The predicted octanol–water partition coefficient (Wildman–Crippen LogP) is 5.64. The molecule has 0 amide bonds. The van der Waals surface area contributed by atoms with Crippen molar-refractivity contribution in [2.45, 2.75) is 19.2 Å². The maximum absolute atomic E-state index is 6.36. The number of para-hydroxylation sites is 1. The highest BCUT2D eigenvalue weighted by Gasteiger charge is 2.39. The summed E-state index contributed by atoms with van der Waals surface area (Å²) in [5.41, 5.74) is 9.31. The van der Waals surface area contributed by atoms with Crippen molar-refractivity contribution in [3.63, 3.8) is 0 Å². The third kappa shape index (κ3) is 2.89. The minimum atomic E-state index is -0.235. The first-order valence-corrected chi connectivity index (χ1v) is 9.42. The molecule has 0 bridgehead atoms. The Balaban J connectivity index is 1.57. The van der Waals surface area contributed by atoms with Gasteiger partial charge in [-0.15, -0.1) is 0 Å². The lowest BCUT2D eigenvalue weighted by atomic mass is 10.0. The van der Waals surface area contributed by atoms with Crippen LogP contribution in [0.5, 0.6) is 5.75 Å². The van der Waals surface area contributed by atoms with E-state index in [1.807, 2.05) is 36.4 Å². The maximum Gasteiger partial charge on any atom is 0.195 e. The smallest absolute Gasteiger partial charge is 0.195 e. The first kappa shape index (κ1) is 16.4. The first-order valence-electron chi connectivity index (χ1n) is 9.04. The number of nitrogens with zero attached hydrogens (tertiary/aromatic N) is 1. The van der Waals surface area contributed by atoms with Crippen molar-refractivity contribution in [3.8, 4) is 5.75 Å². The molecule has 2 aliphatic heterocycles. The molecule has 2 heterocycles. The summed E-state index contributed by atoms with van der Waals surface area (Å²) in [6.45, 7) is 2.10. The Bertz CT molecular complexity index is 1010. The molecule has 134 valence electrons. The molecule has 3 aromatic carbocycles. The molecular formula is C23H19ClN2O. The number of hydrazine groups is 1. The lowest BCUT2D eigenvalue weighted by Crippen LogP contribution is -2.43. The summed E-state index contributed by atoms with van der Waals surface area (Å²) in [4.78, 5) is 0. The van der Waals surface area contributed by atoms with Crippen LogP contribution in [0, 0.1) is 6.92 Å². The number of rotatable bonds is 2. The van der Waals surface area contributed by atoms with Gasteiger partial charge in [0, 0.05) is 16.1 Å². The van der Waals surface area contributed by atoms with E-state index in [1.54, 1.807) is 0 Å². The molecule has 3 nitrogen and oxygen atoms in total. The van der Waals surface area contributed by atoms with Crippen LogP contribution in [0.15, 0.2) is 78.9 Å². The lowest BCUT2D eigenvalue weighted by Gasteiger charge is -2.38. The summed E-state index contributed by atoms with van der Waals surface area (Å²) in [5, 5.41) is 2.89. The number of halogens is 1. The average molecular weight is 375 g/mol. The van der Waals surface area contributed by atoms with Crippen molar-refractivity contribution in [2.75, 3.05) is 0 Å². The number of fused-ring (bicyclic) bond motifs is 3. The Hall–Kier alpha value is -2.75. The van der Waals surface area contributed by atoms with Crippen LogP contribution in [0.3, 0.4) is 0 Å². The summed E-state index contributed by atoms with van der Waals surface area (Å²) < 4.78 is 6.36. The van der Waals surface area contributed by atoms with Crippen LogP contribution >= 0.6 is 11.6 Å². The molecule has 27 heavy (non-hydrogen) atoms. The van der Waals surface area contributed by atoms with E-state index in [-0.39, 0.29) is 12.3 Å². The summed E-state index contributed by atoms with van der Waals surface area (Å²) >= 11 is 6.08. The summed E-state index contributed by atoms with van der Waals surface area (Å²) in [6.07, 6.45) is 2.04. The maximum atomic E-state index is 6.36. The molecule has 2 aliphatic rings. The first-order chi connectivity index (χ1) is 13.2. The zero-order valence-electron chi connectivity index (χ0n) is 14.9. The highest BCUT2D eigenvalue weighted by Crippen LogP contribution is 2.45. The Kier molecular flexibility index (Phi) is 3.92. The van der Waals surface area contributed by atoms with Gasteiger partial charge in [0.05, 0.1) is 11.7 Å². The van der Waals surface area contributed by atoms with Crippen molar-refractivity contribution < 1.29 is 4.74 Å². The third-order valence-electron chi connectivity index (χ3n) is 5.12. The molecule has 0 radical (unpaired) electrons. The highest BCUT2D eigenvalue weighted by molar-refractivity contribution is 6.30. The van der Waals surface area contributed by atoms with Crippen molar-refractivity contribution in [2.24, 2.45) is 0 Å². The summed E-state index contributed by atoms with van der Waals surface area (Å²) in [6, 6.07) is 24.7. The third-order valence-corrected chi connectivity index (χ3v) is 5.37. The fourth-order valence-corrected chi connectivity index (χ4v) is 3.81. The van der Waals surface area contributed by atoms with Gasteiger partial charge in [-0.25, -0.2) is 0 Å². The predicted molar refractivity (Wildman–Crippen MR) is 108 cm³/mol. The number of ether oxygens (including phenoxy) is 1. The molecule has 0 aliphatic carbocycles. The van der Waals surface area contributed by atoms with Crippen LogP contribution in [0.2, 0.25) is 5.02 Å². The molecule has 3 aromatic rings. The Labute approximate surface area is 163 Å². The largest absolute Gasteiger partial charge is 0.469 e. The molecule has 0 saturated heterocycles. The van der Waals surface area contributed by atoms with E-state index < -0.39 is 0 Å². The molecule has 0 aromatic heterocycles. The SMILES string of the molecule is Cc1ccc(C2=C[C@@H]3c4ccccc4O[C@@H](c4ccc(Cl)cc4)N3N2)cc1. The van der Waals surface area contributed by atoms with Gasteiger partial charge in [-0.05, 0) is 36.8 Å². The van der Waals surface area contributed by atoms with Gasteiger partial charge in [0.15, 0.2) is 6.23 Å². The second kappa shape index (κ2) is 6.45. The van der Waals surface area contributed by atoms with E-state index in [0.29, 0.717) is 0 Å². The van der Waals surface area contributed by atoms with Crippen molar-refractivity contribution in [3.05, 3.63) is 106 Å². The van der Waals surface area contributed by atoms with Crippen molar-refractivity contribution in [1.82, 2.24) is 10.4 Å². The zero-order valence-corrected chi connectivity index (χ0v) is 15.6. The molecule has 0 fully saturated rings. The molecule has 2 atom stereocenters. The monoisotopic (exact) mass is 374 g/mol. The second-order valence-corrected chi connectivity index (χ2v) is 7.41. The molecule has 0 unspecified atom stereocenters. The van der Waals surface area contributed by atoms with E-state index in [2.05, 4.69) is 59.8 Å². The summed E-state index contributed by atoms with van der Waals surface area (Å²) in [5.74, 6) is 0.918. The van der Waals surface area contributed by atoms with E-state index >= 15 is 0 Å². The minimum Gasteiger partial charge on any atom is -0.469 e. The van der Waals surface area contributed by atoms with Crippen LogP contribution in [-0.4, -0.2) is 5.01 Å². The second-order valence-electron chi connectivity index (χ2n) is 6.97. The molecule has 1 N–H and O–H groups in total. The van der Waals surface area contributed by atoms with Gasteiger partial charge in [-0.1, -0.05) is 71.8 Å². The number of benzene rings is 3. The van der Waals surface area contributed by atoms with E-state index in [9.17, 15) is 0 Å². The Morgan fingerprint density at radius 1 is 0.926 bits per heavy atom. The van der Waals surface area contributed by atoms with E-state index in [4.69, 9.17) is 16.3 Å². The van der Waals surface area contributed by atoms with Crippen molar-refractivity contribution in [1.29, 1.82) is 0 Å². The van der Waals surface area contributed by atoms with Crippen LogP contribution in [0.25, 0.3) is 5.70 Å². The van der Waals surface area contributed by atoms with Crippen LogP contribution in [0.1, 0.15) is 34.5 Å². The van der Waals surface area contributed by atoms with Crippen LogP contribution in [0.4, 0.5) is 0 Å². The quantitative estimate of drug-likeness (QED) is 0.628. The van der Waals surface area contributed by atoms with E-state index in [1.165, 1.54) is 11.1 Å². The summed E-state index contributed by atoms with van der Waals surface area (Å²) in [7, 11) is 0. The number of nitrogens with one attached hydrogen (secondary N) is 1. The fourth-order valence-electron chi connectivity index (χ4n) is 3.69. The van der Waals surface area contributed by atoms with Gasteiger partial charge in [0.2, 0.25) is 0 Å². The molecule has 0 saturated carbocycles. The zero-order chi connectivity index (χ0) is 18.4. The molecule has 0 spiro atoms. The number of aryl methyl sites for hydroxylation is 1. The van der Waals surface area contributed by atoms with E-state index in [0.717, 1.165) is 27.6 Å². The standard InChI is InChI=1S/C23H19ClN2O/c1-15-6-8-16(9-7-15)20-14-21-19-4-2-3-5-22(19)27-23(26(21)25-20)17-10-12-18(24)13-11-17/h2-14,21,23,25H,1H3/t21-,23+/m1/s1. The van der Waals surface area contributed by atoms with Gasteiger partial charge in [-0.2, -0.15) is 5.01 Å². The average Bonchev–Trinajstić information content (AvgIpc) is 3.14. The highest BCUT2D eigenvalue weighted by atomic mass is 35.5. The van der Waals surface area contributed by atoms with Gasteiger partial charge >= 0.3 is 0 Å². The van der Waals surface area contributed by atoms with Crippen LogP contribution in [-0.2, 0) is 0 Å². The van der Waals surface area contributed by atoms with Gasteiger partial charge < -0.3 is 10.2 Å². The molecule has 4 heteroatoms. The van der Waals surface area contributed by atoms with Gasteiger partial charge in [-0.3, -0.25) is 0 Å². The Morgan fingerprint density at radius 2 is 1.67 bits per heavy atom. The van der Waals surface area contributed by atoms with Crippen molar-refractivity contribution >= 4 is 17.3 Å². The fraction of sp³-hybridized carbons (Fsp3) is 0.130. The molecular weight excluding hydrogens is 356 g/mol. The van der Waals surface area contributed by atoms with Crippen LogP contribution < -0.4 is 10.2 Å². The normalized spacial score (nSPS) is 20.9. The lowest BCUT2D eigenvalue weighted by molar-refractivity contribution is -0.0326. The number of hydrogen-bond donors (Lipinski definition) is 1.